The Morgan fingerprint density at radius 3 is 2.38 bits per heavy atom. The summed E-state index contributed by atoms with van der Waals surface area (Å²) in [7, 11) is 5.24. The molecule has 0 fully saturated rings. The SMILES string of the molecule is CNC(c1cc(C)cc(Cl)c1)c1cc(OC)ccc1OC. The Morgan fingerprint density at radius 1 is 1.05 bits per heavy atom. The van der Waals surface area contributed by atoms with Gasteiger partial charge in [-0.2, -0.15) is 0 Å². The molecule has 0 saturated carbocycles. The molecule has 2 rings (SSSR count). The molecule has 112 valence electrons. The molecule has 1 atom stereocenters. The molecule has 21 heavy (non-hydrogen) atoms. The zero-order valence-corrected chi connectivity index (χ0v) is 13.5. The molecule has 0 bridgehead atoms. The van der Waals surface area contributed by atoms with Crippen molar-refractivity contribution in [2.45, 2.75) is 13.0 Å². The largest absolute Gasteiger partial charge is 0.497 e. The van der Waals surface area contributed by atoms with Crippen LogP contribution in [0.25, 0.3) is 0 Å². The van der Waals surface area contributed by atoms with E-state index in [1.54, 1.807) is 14.2 Å². The number of hydrogen-bond donors (Lipinski definition) is 1. The third kappa shape index (κ3) is 3.49. The molecular formula is C17H20ClNO2. The number of benzene rings is 2. The van der Waals surface area contributed by atoms with Gasteiger partial charge < -0.3 is 14.8 Å². The van der Waals surface area contributed by atoms with Crippen LogP contribution in [0.1, 0.15) is 22.7 Å². The van der Waals surface area contributed by atoms with Gasteiger partial charge in [0.2, 0.25) is 0 Å². The average molecular weight is 306 g/mol. The first-order valence-corrected chi connectivity index (χ1v) is 7.13. The van der Waals surface area contributed by atoms with Gasteiger partial charge in [0.25, 0.3) is 0 Å². The van der Waals surface area contributed by atoms with Gasteiger partial charge in [-0.15, -0.1) is 0 Å². The number of halogens is 1. The zero-order chi connectivity index (χ0) is 15.4. The van der Waals surface area contributed by atoms with Gasteiger partial charge in [0.1, 0.15) is 11.5 Å². The molecule has 4 heteroatoms. The van der Waals surface area contributed by atoms with Crippen molar-refractivity contribution in [1.82, 2.24) is 5.32 Å². The lowest BCUT2D eigenvalue weighted by Crippen LogP contribution is -2.18. The molecule has 1 N–H and O–H groups in total. The summed E-state index contributed by atoms with van der Waals surface area (Å²) >= 11 is 6.19. The Balaban J connectivity index is 2.54. The van der Waals surface area contributed by atoms with Gasteiger partial charge in [0.05, 0.1) is 20.3 Å². The van der Waals surface area contributed by atoms with Crippen molar-refractivity contribution in [2.24, 2.45) is 0 Å². The second-order valence-corrected chi connectivity index (χ2v) is 5.33. The van der Waals surface area contributed by atoms with Crippen LogP contribution in [0.3, 0.4) is 0 Å². The van der Waals surface area contributed by atoms with Crippen LogP contribution >= 0.6 is 11.6 Å². The smallest absolute Gasteiger partial charge is 0.124 e. The summed E-state index contributed by atoms with van der Waals surface area (Å²) in [4.78, 5) is 0. The molecule has 2 aromatic carbocycles. The minimum Gasteiger partial charge on any atom is -0.497 e. The molecule has 2 aromatic rings. The number of rotatable bonds is 5. The molecule has 3 nitrogen and oxygen atoms in total. The van der Waals surface area contributed by atoms with Gasteiger partial charge in [0.15, 0.2) is 0 Å². The number of ether oxygens (including phenoxy) is 2. The summed E-state index contributed by atoms with van der Waals surface area (Å²) in [5.41, 5.74) is 3.23. The highest BCUT2D eigenvalue weighted by Crippen LogP contribution is 2.34. The van der Waals surface area contributed by atoms with Gasteiger partial charge in [-0.1, -0.05) is 17.7 Å². The van der Waals surface area contributed by atoms with Crippen LogP contribution in [0.4, 0.5) is 0 Å². The van der Waals surface area contributed by atoms with Crippen LogP contribution in [-0.2, 0) is 0 Å². The quantitative estimate of drug-likeness (QED) is 0.906. The van der Waals surface area contributed by atoms with Crippen molar-refractivity contribution >= 4 is 11.6 Å². The van der Waals surface area contributed by atoms with Gasteiger partial charge in [-0.05, 0) is 55.4 Å². The number of nitrogens with one attached hydrogen (secondary N) is 1. The van der Waals surface area contributed by atoms with Crippen LogP contribution in [0, 0.1) is 6.92 Å². The highest BCUT2D eigenvalue weighted by molar-refractivity contribution is 6.30. The normalized spacial score (nSPS) is 12.0. The maximum atomic E-state index is 6.19. The predicted molar refractivity (Wildman–Crippen MR) is 86.6 cm³/mol. The first-order valence-electron chi connectivity index (χ1n) is 6.75. The summed E-state index contributed by atoms with van der Waals surface area (Å²) in [6.07, 6.45) is 0. The third-order valence-electron chi connectivity index (χ3n) is 3.43. The molecule has 0 spiro atoms. The summed E-state index contributed by atoms with van der Waals surface area (Å²) in [6.45, 7) is 2.03. The maximum absolute atomic E-state index is 6.19. The second-order valence-electron chi connectivity index (χ2n) is 4.89. The fraction of sp³-hybridized carbons (Fsp3) is 0.294. The Hall–Kier alpha value is -1.71. The average Bonchev–Trinajstić information content (AvgIpc) is 2.47. The van der Waals surface area contributed by atoms with Crippen LogP contribution in [0.15, 0.2) is 36.4 Å². The highest BCUT2D eigenvalue weighted by atomic mass is 35.5. The van der Waals surface area contributed by atoms with E-state index in [4.69, 9.17) is 21.1 Å². The molecule has 0 saturated heterocycles. The van der Waals surface area contributed by atoms with Crippen molar-refractivity contribution in [1.29, 1.82) is 0 Å². The predicted octanol–water partition coefficient (Wildman–Crippen LogP) is 3.97. The van der Waals surface area contributed by atoms with E-state index in [1.807, 2.05) is 44.3 Å². The fourth-order valence-electron chi connectivity index (χ4n) is 2.50. The Labute approximate surface area is 130 Å². The lowest BCUT2D eigenvalue weighted by atomic mass is 9.96. The molecule has 0 aliphatic carbocycles. The fourth-order valence-corrected chi connectivity index (χ4v) is 2.80. The van der Waals surface area contributed by atoms with Crippen molar-refractivity contribution in [2.75, 3.05) is 21.3 Å². The number of hydrogen-bond acceptors (Lipinski definition) is 3. The van der Waals surface area contributed by atoms with E-state index < -0.39 is 0 Å². The van der Waals surface area contributed by atoms with Crippen molar-refractivity contribution in [3.05, 3.63) is 58.1 Å². The summed E-state index contributed by atoms with van der Waals surface area (Å²) in [6, 6.07) is 11.8. The van der Waals surface area contributed by atoms with E-state index in [1.165, 1.54) is 0 Å². The molecule has 0 heterocycles. The Bertz CT molecular complexity index is 608. The second kappa shape index (κ2) is 6.83. The van der Waals surface area contributed by atoms with E-state index in [0.29, 0.717) is 0 Å². The third-order valence-corrected chi connectivity index (χ3v) is 3.65. The van der Waals surface area contributed by atoms with E-state index in [2.05, 4.69) is 11.4 Å². The van der Waals surface area contributed by atoms with E-state index in [-0.39, 0.29) is 6.04 Å². The van der Waals surface area contributed by atoms with E-state index in [9.17, 15) is 0 Å². The molecule has 0 aliphatic rings. The van der Waals surface area contributed by atoms with E-state index in [0.717, 1.165) is 33.2 Å². The minimum atomic E-state index is -0.0209. The van der Waals surface area contributed by atoms with Crippen molar-refractivity contribution < 1.29 is 9.47 Å². The molecule has 0 aliphatic heterocycles. The van der Waals surface area contributed by atoms with Crippen LogP contribution in [-0.4, -0.2) is 21.3 Å². The van der Waals surface area contributed by atoms with Crippen molar-refractivity contribution in [3.63, 3.8) is 0 Å². The van der Waals surface area contributed by atoms with E-state index >= 15 is 0 Å². The number of methoxy groups -OCH3 is 2. The highest BCUT2D eigenvalue weighted by Gasteiger charge is 2.18. The maximum Gasteiger partial charge on any atom is 0.124 e. The molecule has 0 amide bonds. The van der Waals surface area contributed by atoms with Gasteiger partial charge in [0, 0.05) is 10.6 Å². The van der Waals surface area contributed by atoms with Crippen LogP contribution in [0.5, 0.6) is 11.5 Å². The molecular weight excluding hydrogens is 286 g/mol. The molecule has 0 radical (unpaired) electrons. The zero-order valence-electron chi connectivity index (χ0n) is 12.7. The lowest BCUT2D eigenvalue weighted by molar-refractivity contribution is 0.395. The van der Waals surface area contributed by atoms with Gasteiger partial charge in [-0.25, -0.2) is 0 Å². The number of aryl methyl sites for hydroxylation is 1. The van der Waals surface area contributed by atoms with Gasteiger partial charge >= 0.3 is 0 Å². The molecule has 1 unspecified atom stereocenters. The topological polar surface area (TPSA) is 30.5 Å². The summed E-state index contributed by atoms with van der Waals surface area (Å²) < 4.78 is 10.8. The Morgan fingerprint density at radius 2 is 1.81 bits per heavy atom. The minimum absolute atomic E-state index is 0.0209. The van der Waals surface area contributed by atoms with Crippen LogP contribution < -0.4 is 14.8 Å². The summed E-state index contributed by atoms with van der Waals surface area (Å²) in [5.74, 6) is 1.61. The first kappa shape index (κ1) is 15.7. The molecule has 0 aromatic heterocycles. The summed E-state index contributed by atoms with van der Waals surface area (Å²) in [5, 5.41) is 4.05. The van der Waals surface area contributed by atoms with Crippen LogP contribution in [0.2, 0.25) is 5.02 Å². The first-order chi connectivity index (χ1) is 10.1. The Kier molecular flexibility index (Phi) is 5.10. The van der Waals surface area contributed by atoms with Crippen molar-refractivity contribution in [3.8, 4) is 11.5 Å². The standard InChI is InChI=1S/C17H20ClNO2/c1-11-7-12(9-13(18)8-11)17(19-2)15-10-14(20-3)5-6-16(15)21-4/h5-10,17,19H,1-4H3. The lowest BCUT2D eigenvalue weighted by Gasteiger charge is -2.21. The monoisotopic (exact) mass is 305 g/mol. The van der Waals surface area contributed by atoms with Gasteiger partial charge in [-0.3, -0.25) is 0 Å².